The highest BCUT2D eigenvalue weighted by atomic mass is 32.2. The van der Waals surface area contributed by atoms with Crippen LogP contribution in [0.1, 0.15) is 57.9 Å². The molecule has 2 atom stereocenters. The Labute approximate surface area is 122 Å². The van der Waals surface area contributed by atoms with E-state index in [4.69, 9.17) is 0 Å². The van der Waals surface area contributed by atoms with Crippen molar-refractivity contribution >= 4 is 10.0 Å². The monoisotopic (exact) mass is 295 g/mol. The summed E-state index contributed by atoms with van der Waals surface area (Å²) in [5, 5.41) is 0. The fraction of sp³-hybridized carbons (Fsp3) is 0.625. The maximum atomic E-state index is 12.3. The molecule has 1 aromatic carbocycles. The van der Waals surface area contributed by atoms with Gasteiger partial charge in [-0.1, -0.05) is 36.8 Å². The number of nitrogens with one attached hydrogen (secondary N) is 1. The first kappa shape index (κ1) is 15.5. The molecule has 0 radical (unpaired) electrons. The Bertz CT molecular complexity index is 531. The molecular weight excluding hydrogens is 270 g/mol. The molecule has 1 aliphatic rings. The first-order valence-electron chi connectivity index (χ1n) is 7.36. The van der Waals surface area contributed by atoms with E-state index in [1.165, 1.54) is 5.56 Å². The van der Waals surface area contributed by atoms with Gasteiger partial charge in [-0.2, -0.15) is 0 Å². The predicted molar refractivity (Wildman–Crippen MR) is 83.2 cm³/mol. The number of benzene rings is 1. The zero-order valence-corrected chi connectivity index (χ0v) is 13.4. The van der Waals surface area contributed by atoms with Crippen molar-refractivity contribution < 1.29 is 8.42 Å². The van der Waals surface area contributed by atoms with Crippen molar-refractivity contribution in [3.63, 3.8) is 0 Å². The summed E-state index contributed by atoms with van der Waals surface area (Å²) in [5.74, 6) is 0.470. The van der Waals surface area contributed by atoms with E-state index in [0.29, 0.717) is 5.92 Å². The molecular formula is C16H25NO2S. The van der Waals surface area contributed by atoms with Crippen molar-refractivity contribution in [2.75, 3.05) is 0 Å². The molecule has 1 aromatic rings. The smallest absolute Gasteiger partial charge is 0.212 e. The summed E-state index contributed by atoms with van der Waals surface area (Å²) in [6.45, 7) is 5.23. The lowest BCUT2D eigenvalue weighted by molar-refractivity contribution is 0.368. The van der Waals surface area contributed by atoms with E-state index < -0.39 is 14.8 Å². The van der Waals surface area contributed by atoms with Gasteiger partial charge in [-0.05, 0) is 51.5 Å². The van der Waals surface area contributed by atoms with Crippen LogP contribution in [-0.2, 0) is 10.0 Å². The van der Waals surface area contributed by atoms with Gasteiger partial charge < -0.3 is 0 Å². The molecule has 112 valence electrons. The number of rotatable bonds is 3. The van der Waals surface area contributed by atoms with Crippen molar-refractivity contribution in [2.45, 2.75) is 63.2 Å². The van der Waals surface area contributed by atoms with E-state index in [1.54, 1.807) is 20.8 Å². The molecule has 0 saturated heterocycles. The van der Waals surface area contributed by atoms with Gasteiger partial charge in [-0.25, -0.2) is 13.1 Å². The molecule has 1 fully saturated rings. The average molecular weight is 295 g/mol. The third-order valence-corrected chi connectivity index (χ3v) is 6.33. The van der Waals surface area contributed by atoms with Gasteiger partial charge in [-0.15, -0.1) is 0 Å². The second-order valence-electron chi connectivity index (χ2n) is 6.70. The minimum atomic E-state index is -3.25. The first-order valence-corrected chi connectivity index (χ1v) is 8.85. The minimum absolute atomic E-state index is 0.0678. The van der Waals surface area contributed by atoms with Crippen molar-refractivity contribution in [2.24, 2.45) is 0 Å². The second kappa shape index (κ2) is 5.86. The van der Waals surface area contributed by atoms with Gasteiger partial charge >= 0.3 is 0 Å². The molecule has 1 saturated carbocycles. The van der Waals surface area contributed by atoms with Crippen LogP contribution in [0, 0.1) is 0 Å². The maximum Gasteiger partial charge on any atom is 0.216 e. The highest BCUT2D eigenvalue weighted by Crippen LogP contribution is 2.33. The highest BCUT2D eigenvalue weighted by molar-refractivity contribution is 7.90. The standard InChI is InChI=1S/C16H25NO2S/c1-16(2,3)20(18,19)17-15-11-7-10-14(12-15)13-8-5-4-6-9-13/h4-6,8-9,14-15,17H,7,10-12H2,1-3H3/t14-,15-/m0/s1. The summed E-state index contributed by atoms with van der Waals surface area (Å²) < 4.78 is 26.7. The van der Waals surface area contributed by atoms with Crippen molar-refractivity contribution in [1.82, 2.24) is 4.72 Å². The van der Waals surface area contributed by atoms with E-state index in [9.17, 15) is 8.42 Å². The van der Waals surface area contributed by atoms with Crippen LogP contribution in [0.4, 0.5) is 0 Å². The quantitative estimate of drug-likeness (QED) is 0.928. The molecule has 0 spiro atoms. The third kappa shape index (κ3) is 3.61. The summed E-state index contributed by atoms with van der Waals surface area (Å²) in [5.41, 5.74) is 1.33. The van der Waals surface area contributed by atoms with Gasteiger partial charge in [0.15, 0.2) is 0 Å². The Hall–Kier alpha value is -0.870. The average Bonchev–Trinajstić information content (AvgIpc) is 2.38. The topological polar surface area (TPSA) is 46.2 Å². The Morgan fingerprint density at radius 1 is 1.10 bits per heavy atom. The Morgan fingerprint density at radius 3 is 2.35 bits per heavy atom. The van der Waals surface area contributed by atoms with E-state index in [-0.39, 0.29) is 6.04 Å². The van der Waals surface area contributed by atoms with Crippen molar-refractivity contribution in [3.05, 3.63) is 35.9 Å². The lowest BCUT2D eigenvalue weighted by Crippen LogP contribution is -2.46. The Balaban J connectivity index is 2.05. The summed E-state index contributed by atoms with van der Waals surface area (Å²) in [6.07, 6.45) is 4.08. The normalized spacial score (nSPS) is 24.6. The lowest BCUT2D eigenvalue weighted by atomic mass is 9.82. The van der Waals surface area contributed by atoms with Crippen molar-refractivity contribution in [1.29, 1.82) is 0 Å². The van der Waals surface area contributed by atoms with Gasteiger partial charge in [0.2, 0.25) is 10.0 Å². The van der Waals surface area contributed by atoms with Crippen molar-refractivity contribution in [3.8, 4) is 0 Å². The van der Waals surface area contributed by atoms with Gasteiger partial charge in [0, 0.05) is 6.04 Å². The van der Waals surface area contributed by atoms with Crippen LogP contribution < -0.4 is 4.72 Å². The van der Waals surface area contributed by atoms with Gasteiger partial charge in [0.25, 0.3) is 0 Å². The zero-order chi connectivity index (χ0) is 14.8. The molecule has 0 unspecified atom stereocenters. The van der Waals surface area contributed by atoms with Crippen LogP contribution in [-0.4, -0.2) is 19.2 Å². The molecule has 0 aliphatic heterocycles. The van der Waals surface area contributed by atoms with Crippen LogP contribution in [0.3, 0.4) is 0 Å². The molecule has 1 aliphatic carbocycles. The SMILES string of the molecule is CC(C)(C)S(=O)(=O)N[C@H]1CCC[C@H](c2ccccc2)C1. The summed E-state index contributed by atoms with van der Waals surface area (Å²) in [4.78, 5) is 0. The lowest BCUT2D eigenvalue weighted by Gasteiger charge is -2.32. The fourth-order valence-electron chi connectivity index (χ4n) is 2.72. The largest absolute Gasteiger partial charge is 0.216 e. The second-order valence-corrected chi connectivity index (χ2v) is 9.17. The maximum absolute atomic E-state index is 12.3. The summed E-state index contributed by atoms with van der Waals surface area (Å²) >= 11 is 0. The molecule has 0 aromatic heterocycles. The molecule has 0 amide bonds. The van der Waals surface area contributed by atoms with Gasteiger partial charge in [-0.3, -0.25) is 0 Å². The van der Waals surface area contributed by atoms with E-state index >= 15 is 0 Å². The summed E-state index contributed by atoms with van der Waals surface area (Å²) in [7, 11) is -3.25. The van der Waals surface area contributed by atoms with Gasteiger partial charge in [0.1, 0.15) is 0 Å². The third-order valence-electron chi connectivity index (χ3n) is 4.07. The molecule has 3 nitrogen and oxygen atoms in total. The van der Waals surface area contributed by atoms with Crippen LogP contribution in [0.2, 0.25) is 0 Å². The van der Waals surface area contributed by atoms with Gasteiger partial charge in [0.05, 0.1) is 4.75 Å². The molecule has 0 heterocycles. The predicted octanol–water partition coefficient (Wildman–Crippen LogP) is 3.43. The van der Waals surface area contributed by atoms with E-state index in [1.807, 2.05) is 6.07 Å². The zero-order valence-electron chi connectivity index (χ0n) is 12.6. The van der Waals surface area contributed by atoms with Crippen LogP contribution in [0.15, 0.2) is 30.3 Å². The Morgan fingerprint density at radius 2 is 1.75 bits per heavy atom. The number of hydrogen-bond donors (Lipinski definition) is 1. The first-order chi connectivity index (χ1) is 9.29. The molecule has 1 N–H and O–H groups in total. The fourth-order valence-corrected chi connectivity index (χ4v) is 3.73. The molecule has 0 bridgehead atoms. The minimum Gasteiger partial charge on any atom is -0.212 e. The summed E-state index contributed by atoms with van der Waals surface area (Å²) in [6, 6.07) is 10.5. The van der Waals surface area contributed by atoms with E-state index in [0.717, 1.165) is 25.7 Å². The molecule has 20 heavy (non-hydrogen) atoms. The molecule has 4 heteroatoms. The number of sulfonamides is 1. The van der Waals surface area contributed by atoms with Crippen LogP contribution in [0.5, 0.6) is 0 Å². The number of hydrogen-bond acceptors (Lipinski definition) is 2. The highest BCUT2D eigenvalue weighted by Gasteiger charge is 2.33. The van der Waals surface area contributed by atoms with Crippen LogP contribution >= 0.6 is 0 Å². The van der Waals surface area contributed by atoms with E-state index in [2.05, 4.69) is 29.0 Å². The Kier molecular flexibility index (Phi) is 4.55. The van der Waals surface area contributed by atoms with Crippen LogP contribution in [0.25, 0.3) is 0 Å². The molecule has 2 rings (SSSR count).